The van der Waals surface area contributed by atoms with Gasteiger partial charge in [-0.2, -0.15) is 0 Å². The van der Waals surface area contributed by atoms with E-state index in [1.54, 1.807) is 0 Å². The van der Waals surface area contributed by atoms with E-state index in [9.17, 15) is 9.59 Å². The van der Waals surface area contributed by atoms with Crippen LogP contribution in [0, 0.1) is 5.92 Å². The molecule has 0 aliphatic carbocycles. The third kappa shape index (κ3) is 5.41. The predicted molar refractivity (Wildman–Crippen MR) is 136 cm³/mol. The van der Waals surface area contributed by atoms with E-state index < -0.39 is 0 Å². The van der Waals surface area contributed by atoms with Gasteiger partial charge in [-0.1, -0.05) is 58.9 Å². The van der Waals surface area contributed by atoms with Crippen molar-refractivity contribution in [2.24, 2.45) is 5.92 Å². The maximum atomic E-state index is 12.8. The number of benzene rings is 2. The Morgan fingerprint density at radius 1 is 1.06 bits per heavy atom. The molecule has 1 aromatic heterocycles. The number of amides is 2. The molecule has 5 nitrogen and oxygen atoms in total. The highest BCUT2D eigenvalue weighted by molar-refractivity contribution is 6.04. The molecule has 178 valence electrons. The summed E-state index contributed by atoms with van der Waals surface area (Å²) in [5.41, 5.74) is 4.53. The van der Waals surface area contributed by atoms with Crippen LogP contribution >= 0.6 is 0 Å². The molecule has 1 aliphatic heterocycles. The standard InChI is InChI=1S/C29H34N2O3/c1-19(2)15-27(32)31-14-13-25-22(18-31)17-26(34-25)21-7-6-8-24(16-21)30-28(33)20-9-11-23(12-10-20)29(3,4)5/h6-12,16-17,19H,13-15,18H2,1-5H3,(H,30,33). The van der Waals surface area contributed by atoms with Crippen molar-refractivity contribution in [3.05, 3.63) is 77.0 Å². The second kappa shape index (κ2) is 9.49. The van der Waals surface area contributed by atoms with Crippen molar-refractivity contribution in [3.8, 4) is 11.3 Å². The Hall–Kier alpha value is -3.34. The van der Waals surface area contributed by atoms with Gasteiger partial charge in [-0.15, -0.1) is 0 Å². The molecule has 1 aliphatic rings. The van der Waals surface area contributed by atoms with Crippen molar-refractivity contribution in [1.29, 1.82) is 0 Å². The first-order valence-electron chi connectivity index (χ1n) is 12.0. The minimum absolute atomic E-state index is 0.0459. The van der Waals surface area contributed by atoms with Crippen molar-refractivity contribution in [2.75, 3.05) is 11.9 Å². The van der Waals surface area contributed by atoms with E-state index in [1.165, 1.54) is 5.56 Å². The second-order valence-electron chi connectivity index (χ2n) is 10.6. The Morgan fingerprint density at radius 3 is 2.47 bits per heavy atom. The molecule has 2 amide bonds. The number of nitrogens with zero attached hydrogens (tertiary/aromatic N) is 1. The van der Waals surface area contributed by atoms with E-state index in [1.807, 2.05) is 59.5 Å². The zero-order valence-corrected chi connectivity index (χ0v) is 20.8. The molecule has 2 aromatic carbocycles. The molecule has 0 spiro atoms. The van der Waals surface area contributed by atoms with Crippen LogP contribution in [0.15, 0.2) is 59.0 Å². The smallest absolute Gasteiger partial charge is 0.255 e. The Balaban J connectivity index is 1.47. The normalized spacial score (nSPS) is 13.6. The van der Waals surface area contributed by atoms with Gasteiger partial charge in [-0.25, -0.2) is 0 Å². The van der Waals surface area contributed by atoms with Crippen LogP contribution in [-0.4, -0.2) is 23.3 Å². The molecule has 34 heavy (non-hydrogen) atoms. The highest BCUT2D eigenvalue weighted by Crippen LogP contribution is 2.31. The maximum Gasteiger partial charge on any atom is 0.255 e. The Kier molecular flexibility index (Phi) is 6.65. The van der Waals surface area contributed by atoms with Crippen molar-refractivity contribution in [2.45, 2.75) is 59.4 Å². The van der Waals surface area contributed by atoms with Crippen molar-refractivity contribution < 1.29 is 14.0 Å². The van der Waals surface area contributed by atoms with Crippen molar-refractivity contribution >= 4 is 17.5 Å². The van der Waals surface area contributed by atoms with E-state index >= 15 is 0 Å². The summed E-state index contributed by atoms with van der Waals surface area (Å²) in [7, 11) is 0. The summed E-state index contributed by atoms with van der Waals surface area (Å²) in [6.45, 7) is 11.9. The zero-order chi connectivity index (χ0) is 24.5. The van der Waals surface area contributed by atoms with Crippen LogP contribution < -0.4 is 5.32 Å². The highest BCUT2D eigenvalue weighted by Gasteiger charge is 2.25. The average Bonchev–Trinajstić information content (AvgIpc) is 3.22. The molecule has 0 bridgehead atoms. The van der Waals surface area contributed by atoms with Gasteiger partial charge in [0, 0.05) is 48.3 Å². The summed E-state index contributed by atoms with van der Waals surface area (Å²) in [5.74, 6) is 2.10. The lowest BCUT2D eigenvalue weighted by atomic mass is 9.87. The zero-order valence-electron chi connectivity index (χ0n) is 20.8. The summed E-state index contributed by atoms with van der Waals surface area (Å²) in [6.07, 6.45) is 1.29. The third-order valence-corrected chi connectivity index (χ3v) is 6.22. The van der Waals surface area contributed by atoms with Gasteiger partial charge in [0.15, 0.2) is 0 Å². The number of rotatable bonds is 5. The van der Waals surface area contributed by atoms with E-state index in [-0.39, 0.29) is 17.2 Å². The number of fused-ring (bicyclic) bond motifs is 1. The molecule has 2 heterocycles. The molecule has 0 radical (unpaired) electrons. The summed E-state index contributed by atoms with van der Waals surface area (Å²) < 4.78 is 6.14. The molecule has 3 aromatic rings. The lowest BCUT2D eigenvalue weighted by Gasteiger charge is -2.26. The number of carbonyl (C=O) groups excluding carboxylic acids is 2. The molecule has 1 N–H and O–H groups in total. The van der Waals surface area contributed by atoms with Crippen LogP contribution in [-0.2, 0) is 23.2 Å². The molecular formula is C29H34N2O3. The molecule has 0 fully saturated rings. The van der Waals surface area contributed by atoms with Crippen LogP contribution in [0.4, 0.5) is 5.69 Å². The first-order valence-corrected chi connectivity index (χ1v) is 12.0. The van der Waals surface area contributed by atoms with Crippen LogP contribution in [0.25, 0.3) is 11.3 Å². The minimum Gasteiger partial charge on any atom is -0.461 e. The fourth-order valence-electron chi connectivity index (χ4n) is 4.24. The number of nitrogens with one attached hydrogen (secondary N) is 1. The molecule has 5 heteroatoms. The summed E-state index contributed by atoms with van der Waals surface area (Å²) >= 11 is 0. The maximum absolute atomic E-state index is 12.8. The molecule has 4 rings (SSSR count). The predicted octanol–water partition coefficient (Wildman–Crippen LogP) is 6.43. The average molecular weight is 459 g/mol. The largest absolute Gasteiger partial charge is 0.461 e. The molecular weight excluding hydrogens is 424 g/mol. The van der Waals surface area contributed by atoms with Gasteiger partial charge in [-0.05, 0) is 47.2 Å². The minimum atomic E-state index is -0.143. The van der Waals surface area contributed by atoms with Gasteiger partial charge in [0.05, 0.1) is 0 Å². The lowest BCUT2D eigenvalue weighted by molar-refractivity contribution is -0.132. The van der Waals surface area contributed by atoms with Crippen molar-refractivity contribution in [1.82, 2.24) is 4.90 Å². The van der Waals surface area contributed by atoms with Gasteiger partial charge >= 0.3 is 0 Å². The number of carbonyl (C=O) groups is 2. The Bertz CT molecular complexity index is 1180. The number of furan rings is 1. The van der Waals surface area contributed by atoms with Gasteiger partial charge in [0.2, 0.25) is 5.91 Å². The van der Waals surface area contributed by atoms with Gasteiger partial charge in [-0.3, -0.25) is 9.59 Å². The van der Waals surface area contributed by atoms with Crippen LogP contribution in [0.5, 0.6) is 0 Å². The van der Waals surface area contributed by atoms with Crippen LogP contribution in [0.2, 0.25) is 0 Å². The summed E-state index contributed by atoms with van der Waals surface area (Å²) in [6, 6.07) is 17.5. The summed E-state index contributed by atoms with van der Waals surface area (Å²) in [5, 5.41) is 2.99. The third-order valence-electron chi connectivity index (χ3n) is 6.22. The van der Waals surface area contributed by atoms with Crippen LogP contribution in [0.1, 0.15) is 68.3 Å². The SMILES string of the molecule is CC(C)CC(=O)N1CCc2oc(-c3cccc(NC(=O)c4ccc(C(C)(C)C)cc4)c3)cc2C1. The van der Waals surface area contributed by atoms with Crippen LogP contribution in [0.3, 0.4) is 0 Å². The van der Waals surface area contributed by atoms with Gasteiger partial charge < -0.3 is 14.6 Å². The fourth-order valence-corrected chi connectivity index (χ4v) is 4.24. The Morgan fingerprint density at radius 2 is 1.79 bits per heavy atom. The first-order chi connectivity index (χ1) is 16.1. The molecule has 0 atom stereocenters. The van der Waals surface area contributed by atoms with E-state index in [2.05, 4.69) is 39.9 Å². The highest BCUT2D eigenvalue weighted by atomic mass is 16.3. The van der Waals surface area contributed by atoms with Gasteiger partial charge in [0.25, 0.3) is 5.91 Å². The number of anilines is 1. The van der Waals surface area contributed by atoms with Crippen molar-refractivity contribution in [3.63, 3.8) is 0 Å². The fraction of sp³-hybridized carbons (Fsp3) is 0.379. The first kappa shape index (κ1) is 23.8. The summed E-state index contributed by atoms with van der Waals surface area (Å²) in [4.78, 5) is 27.2. The molecule has 0 unspecified atom stereocenters. The molecule has 0 saturated heterocycles. The monoisotopic (exact) mass is 458 g/mol. The van der Waals surface area contributed by atoms with E-state index in [4.69, 9.17) is 4.42 Å². The van der Waals surface area contributed by atoms with Gasteiger partial charge in [0.1, 0.15) is 11.5 Å². The second-order valence-corrected chi connectivity index (χ2v) is 10.6. The quantitative estimate of drug-likeness (QED) is 0.479. The topological polar surface area (TPSA) is 62.6 Å². The number of hydrogen-bond donors (Lipinski definition) is 1. The van der Waals surface area contributed by atoms with E-state index in [0.717, 1.165) is 29.1 Å². The number of hydrogen-bond acceptors (Lipinski definition) is 3. The Labute approximate surface area is 202 Å². The molecule has 0 saturated carbocycles. The van der Waals surface area contributed by atoms with E-state index in [0.29, 0.717) is 36.7 Å². The lowest BCUT2D eigenvalue weighted by Crippen LogP contribution is -2.35.